The summed E-state index contributed by atoms with van der Waals surface area (Å²) < 4.78 is 0. The minimum absolute atomic E-state index is 0.351. The highest BCUT2D eigenvalue weighted by Gasteiger charge is 2.29. The normalized spacial score (nSPS) is 27.4. The van der Waals surface area contributed by atoms with Gasteiger partial charge in [0.2, 0.25) is 0 Å². The fraction of sp³-hybridized carbons (Fsp3) is 0.714. The summed E-state index contributed by atoms with van der Waals surface area (Å²) >= 11 is 7.66. The highest BCUT2D eigenvalue weighted by molar-refractivity contribution is 7.10. The van der Waals surface area contributed by atoms with E-state index in [0.29, 0.717) is 5.92 Å². The lowest BCUT2D eigenvalue weighted by Crippen LogP contribution is -2.22. The summed E-state index contributed by atoms with van der Waals surface area (Å²) in [5, 5.41) is 13.1. The van der Waals surface area contributed by atoms with Crippen LogP contribution in [0.2, 0.25) is 5.02 Å². The van der Waals surface area contributed by atoms with Crippen molar-refractivity contribution >= 4 is 22.9 Å². The van der Waals surface area contributed by atoms with Gasteiger partial charge in [-0.25, -0.2) is 0 Å². The van der Waals surface area contributed by atoms with Gasteiger partial charge in [-0.2, -0.15) is 0 Å². The first-order valence-electron chi connectivity index (χ1n) is 6.50. The van der Waals surface area contributed by atoms with Crippen molar-refractivity contribution in [3.8, 4) is 0 Å². The second-order valence-electron chi connectivity index (χ2n) is 5.50. The van der Waals surface area contributed by atoms with Gasteiger partial charge in [0.25, 0.3) is 0 Å². The quantitative estimate of drug-likeness (QED) is 0.830. The minimum atomic E-state index is -0.351. The average Bonchev–Trinajstić information content (AvgIpc) is 2.74. The lowest BCUT2D eigenvalue weighted by molar-refractivity contribution is 0.0695. The van der Waals surface area contributed by atoms with Crippen molar-refractivity contribution in [3.63, 3.8) is 0 Å². The van der Waals surface area contributed by atoms with Gasteiger partial charge in [-0.3, -0.25) is 0 Å². The summed E-state index contributed by atoms with van der Waals surface area (Å²) in [7, 11) is 0. The molecular weight excluding hydrogens is 252 g/mol. The molecule has 1 atom stereocenters. The van der Waals surface area contributed by atoms with Crippen LogP contribution in [0.15, 0.2) is 11.4 Å². The van der Waals surface area contributed by atoms with Crippen LogP contribution in [0.25, 0.3) is 0 Å². The SMILES string of the molecule is CC(C)C1CCC(C(O)c2sccc2Cl)CC1. The maximum absolute atomic E-state index is 10.4. The predicted molar refractivity (Wildman–Crippen MR) is 74.6 cm³/mol. The van der Waals surface area contributed by atoms with E-state index in [9.17, 15) is 5.11 Å². The van der Waals surface area contributed by atoms with E-state index < -0.39 is 0 Å². The Labute approximate surface area is 113 Å². The number of aliphatic hydroxyl groups is 1. The monoisotopic (exact) mass is 272 g/mol. The fourth-order valence-electron chi connectivity index (χ4n) is 2.86. The number of hydrogen-bond acceptors (Lipinski definition) is 2. The molecule has 1 aromatic rings. The number of rotatable bonds is 3. The van der Waals surface area contributed by atoms with Crippen LogP contribution in [0, 0.1) is 17.8 Å². The van der Waals surface area contributed by atoms with Crippen LogP contribution < -0.4 is 0 Å². The van der Waals surface area contributed by atoms with Crippen molar-refractivity contribution in [2.45, 2.75) is 45.6 Å². The molecule has 1 nitrogen and oxygen atoms in total. The number of thiophene rings is 1. The Hall–Kier alpha value is -0.0500. The molecule has 1 saturated carbocycles. The Morgan fingerprint density at radius 2 is 1.82 bits per heavy atom. The zero-order valence-electron chi connectivity index (χ0n) is 10.5. The second-order valence-corrected chi connectivity index (χ2v) is 6.85. The molecule has 0 radical (unpaired) electrons. The zero-order chi connectivity index (χ0) is 12.4. The Balaban J connectivity index is 1.95. The van der Waals surface area contributed by atoms with Crippen LogP contribution in [0.5, 0.6) is 0 Å². The molecule has 0 aliphatic heterocycles. The topological polar surface area (TPSA) is 20.2 Å². The fourth-order valence-corrected chi connectivity index (χ4v) is 4.10. The third kappa shape index (κ3) is 3.04. The summed E-state index contributed by atoms with van der Waals surface area (Å²) in [4.78, 5) is 0.958. The van der Waals surface area contributed by atoms with E-state index in [1.54, 1.807) is 11.3 Å². The molecule has 0 amide bonds. The van der Waals surface area contributed by atoms with E-state index in [0.717, 1.165) is 34.6 Å². The summed E-state index contributed by atoms with van der Waals surface area (Å²) in [6.45, 7) is 4.61. The van der Waals surface area contributed by atoms with Gasteiger partial charge in [-0.1, -0.05) is 25.4 Å². The molecule has 1 heterocycles. The van der Waals surface area contributed by atoms with Crippen molar-refractivity contribution in [1.29, 1.82) is 0 Å². The van der Waals surface area contributed by atoms with Crippen molar-refractivity contribution in [3.05, 3.63) is 21.3 Å². The van der Waals surface area contributed by atoms with Crippen molar-refractivity contribution in [2.24, 2.45) is 17.8 Å². The largest absolute Gasteiger partial charge is 0.387 e. The molecule has 0 bridgehead atoms. The van der Waals surface area contributed by atoms with E-state index in [2.05, 4.69) is 13.8 Å². The van der Waals surface area contributed by atoms with Crippen molar-refractivity contribution < 1.29 is 5.11 Å². The lowest BCUT2D eigenvalue weighted by Gasteiger charge is -2.33. The highest BCUT2D eigenvalue weighted by Crippen LogP contribution is 2.42. The van der Waals surface area contributed by atoms with Crippen LogP contribution in [-0.2, 0) is 0 Å². The van der Waals surface area contributed by atoms with Gasteiger partial charge in [0, 0.05) is 0 Å². The maximum atomic E-state index is 10.4. The first kappa shape index (κ1) is 13.4. The number of halogens is 1. The maximum Gasteiger partial charge on any atom is 0.0924 e. The van der Waals surface area contributed by atoms with Crippen LogP contribution in [-0.4, -0.2) is 5.11 Å². The molecule has 3 heteroatoms. The molecule has 1 fully saturated rings. The van der Waals surface area contributed by atoms with Crippen molar-refractivity contribution in [1.82, 2.24) is 0 Å². The predicted octanol–water partition coefficient (Wildman–Crippen LogP) is 4.90. The molecule has 1 aliphatic rings. The van der Waals surface area contributed by atoms with Gasteiger partial charge >= 0.3 is 0 Å². The first-order chi connectivity index (χ1) is 8.09. The Kier molecular flexibility index (Phi) is 4.51. The molecule has 0 aromatic carbocycles. The molecule has 0 saturated heterocycles. The Morgan fingerprint density at radius 3 is 2.29 bits per heavy atom. The summed E-state index contributed by atoms with van der Waals surface area (Å²) in [6.07, 6.45) is 4.43. The molecule has 1 unspecified atom stereocenters. The molecule has 1 aliphatic carbocycles. The third-order valence-corrected chi connectivity index (χ3v) is 5.55. The van der Waals surface area contributed by atoms with Crippen LogP contribution in [0.1, 0.15) is 50.5 Å². The van der Waals surface area contributed by atoms with Crippen LogP contribution in [0.3, 0.4) is 0 Å². The van der Waals surface area contributed by atoms with Crippen molar-refractivity contribution in [2.75, 3.05) is 0 Å². The molecule has 1 aromatic heterocycles. The smallest absolute Gasteiger partial charge is 0.0924 e. The van der Waals surface area contributed by atoms with E-state index >= 15 is 0 Å². The van der Waals surface area contributed by atoms with Crippen LogP contribution >= 0.6 is 22.9 Å². The van der Waals surface area contributed by atoms with E-state index in [1.165, 1.54) is 12.8 Å². The summed E-state index contributed by atoms with van der Waals surface area (Å²) in [5.41, 5.74) is 0. The third-order valence-electron chi connectivity index (χ3n) is 4.12. The zero-order valence-corrected chi connectivity index (χ0v) is 12.1. The van der Waals surface area contributed by atoms with Gasteiger partial charge in [-0.05, 0) is 54.9 Å². The molecular formula is C14H21ClOS. The van der Waals surface area contributed by atoms with Gasteiger partial charge in [0.1, 0.15) is 0 Å². The number of aliphatic hydroxyl groups excluding tert-OH is 1. The van der Waals surface area contributed by atoms with Gasteiger partial charge in [0.15, 0.2) is 0 Å². The Morgan fingerprint density at radius 1 is 1.24 bits per heavy atom. The summed E-state index contributed by atoms with van der Waals surface area (Å²) in [5.74, 6) is 2.02. The second kappa shape index (κ2) is 5.73. The summed E-state index contributed by atoms with van der Waals surface area (Å²) in [6, 6.07) is 1.88. The Bertz CT molecular complexity index is 353. The first-order valence-corrected chi connectivity index (χ1v) is 7.76. The minimum Gasteiger partial charge on any atom is -0.387 e. The van der Waals surface area contributed by atoms with E-state index in [4.69, 9.17) is 11.6 Å². The van der Waals surface area contributed by atoms with Crippen LogP contribution in [0.4, 0.5) is 0 Å². The van der Waals surface area contributed by atoms with Gasteiger partial charge in [0.05, 0.1) is 16.0 Å². The van der Waals surface area contributed by atoms with Gasteiger partial charge in [-0.15, -0.1) is 11.3 Å². The highest BCUT2D eigenvalue weighted by atomic mass is 35.5. The van der Waals surface area contributed by atoms with E-state index in [1.807, 2.05) is 11.4 Å². The molecule has 0 spiro atoms. The molecule has 17 heavy (non-hydrogen) atoms. The molecule has 96 valence electrons. The molecule has 1 N–H and O–H groups in total. The van der Waals surface area contributed by atoms with Gasteiger partial charge < -0.3 is 5.11 Å². The van der Waals surface area contributed by atoms with E-state index in [-0.39, 0.29) is 6.10 Å². The lowest BCUT2D eigenvalue weighted by atomic mass is 9.75. The molecule has 2 rings (SSSR count). The average molecular weight is 273 g/mol. The standard InChI is InChI=1S/C14H21ClOS/c1-9(2)10-3-5-11(6-4-10)13(16)14-12(15)7-8-17-14/h7-11,13,16H,3-6H2,1-2H3. The number of hydrogen-bond donors (Lipinski definition) is 1.